The topological polar surface area (TPSA) is 90.1 Å². The molecule has 0 atom stereocenters. The lowest BCUT2D eigenvalue weighted by Crippen LogP contribution is -2.30. The molecule has 3 N–H and O–H groups in total. The normalized spacial score (nSPS) is 10.6. The summed E-state index contributed by atoms with van der Waals surface area (Å²) in [6, 6.07) is 5.31. The second kappa shape index (κ2) is 7.20. The van der Waals surface area contributed by atoms with Crippen LogP contribution in [0.3, 0.4) is 0 Å². The summed E-state index contributed by atoms with van der Waals surface area (Å²) in [5, 5.41) is 0.473. The molecule has 0 radical (unpaired) electrons. The summed E-state index contributed by atoms with van der Waals surface area (Å²) in [5.74, 6) is 5.69. The minimum Gasteiger partial charge on any atom is -0.493 e. The summed E-state index contributed by atoms with van der Waals surface area (Å²) in [6.07, 6.45) is 2.86. The number of nitrogens with one attached hydrogen (secondary N) is 1. The molecule has 0 saturated carbocycles. The Morgan fingerprint density at radius 1 is 1.41 bits per heavy atom. The predicted molar refractivity (Wildman–Crippen MR) is 84.5 cm³/mol. The maximum absolute atomic E-state index is 11.5. The van der Waals surface area contributed by atoms with Crippen molar-refractivity contribution in [3.8, 4) is 17.0 Å². The molecule has 0 saturated heterocycles. The first-order chi connectivity index (χ1) is 10.5. The standard InChI is InChI=1S/C15H17ClN4O2/c1-9(2)8-22-10-3-4-11(12(16)5-10)13-6-18-7-14(19-13)15(21)20-17/h3-7,9H,8,17H2,1-2H3,(H,20,21). The van der Waals surface area contributed by atoms with Crippen molar-refractivity contribution in [2.24, 2.45) is 11.8 Å². The molecular formula is C15H17ClN4O2. The van der Waals surface area contributed by atoms with Gasteiger partial charge in [-0.25, -0.2) is 10.8 Å². The molecule has 0 spiro atoms. The van der Waals surface area contributed by atoms with Crippen LogP contribution >= 0.6 is 11.6 Å². The Labute approximate surface area is 133 Å². The Kier molecular flexibility index (Phi) is 5.30. The fourth-order valence-electron chi connectivity index (χ4n) is 1.74. The summed E-state index contributed by atoms with van der Waals surface area (Å²) >= 11 is 6.27. The van der Waals surface area contributed by atoms with E-state index in [-0.39, 0.29) is 5.69 Å². The van der Waals surface area contributed by atoms with Gasteiger partial charge in [-0.1, -0.05) is 25.4 Å². The number of hydrazine groups is 1. The number of carbonyl (C=O) groups is 1. The highest BCUT2D eigenvalue weighted by molar-refractivity contribution is 6.33. The highest BCUT2D eigenvalue weighted by Gasteiger charge is 2.11. The molecule has 116 valence electrons. The molecule has 6 nitrogen and oxygen atoms in total. The largest absolute Gasteiger partial charge is 0.493 e. The van der Waals surface area contributed by atoms with Crippen molar-refractivity contribution in [3.63, 3.8) is 0 Å². The SMILES string of the molecule is CC(C)COc1ccc(-c2cncc(C(=O)NN)n2)c(Cl)c1. The van der Waals surface area contributed by atoms with Gasteiger partial charge in [0.25, 0.3) is 5.91 Å². The summed E-state index contributed by atoms with van der Waals surface area (Å²) < 4.78 is 5.62. The van der Waals surface area contributed by atoms with E-state index in [4.69, 9.17) is 22.2 Å². The molecule has 1 heterocycles. The molecule has 7 heteroatoms. The number of nitrogen functional groups attached to an aromatic ring is 1. The Bertz CT molecular complexity index is 676. The van der Waals surface area contributed by atoms with Gasteiger partial charge in [-0.3, -0.25) is 15.2 Å². The number of ether oxygens (including phenoxy) is 1. The molecule has 0 bridgehead atoms. The molecule has 0 aliphatic rings. The lowest BCUT2D eigenvalue weighted by atomic mass is 10.1. The third-order valence-electron chi connectivity index (χ3n) is 2.80. The van der Waals surface area contributed by atoms with E-state index in [0.717, 1.165) is 0 Å². The first kappa shape index (κ1) is 16.2. The number of nitrogens with two attached hydrogens (primary N) is 1. The van der Waals surface area contributed by atoms with Crippen molar-refractivity contribution in [1.29, 1.82) is 0 Å². The van der Waals surface area contributed by atoms with Crippen LogP contribution in [0.15, 0.2) is 30.6 Å². The average molecular weight is 321 g/mol. The van der Waals surface area contributed by atoms with E-state index in [1.807, 2.05) is 5.43 Å². The maximum atomic E-state index is 11.5. The van der Waals surface area contributed by atoms with Crippen molar-refractivity contribution < 1.29 is 9.53 Å². The molecular weight excluding hydrogens is 304 g/mol. The van der Waals surface area contributed by atoms with Gasteiger partial charge < -0.3 is 4.74 Å². The monoisotopic (exact) mass is 320 g/mol. The minimum atomic E-state index is -0.512. The lowest BCUT2D eigenvalue weighted by Gasteiger charge is -2.11. The third-order valence-corrected chi connectivity index (χ3v) is 3.11. The molecule has 1 aromatic heterocycles. The van der Waals surface area contributed by atoms with E-state index in [0.29, 0.717) is 34.6 Å². The number of halogens is 1. The van der Waals surface area contributed by atoms with Gasteiger partial charge in [0.1, 0.15) is 11.4 Å². The Morgan fingerprint density at radius 3 is 2.82 bits per heavy atom. The van der Waals surface area contributed by atoms with Crippen LogP contribution in [0.4, 0.5) is 0 Å². The Hall–Kier alpha value is -2.18. The van der Waals surface area contributed by atoms with Crippen LogP contribution in [0.2, 0.25) is 5.02 Å². The van der Waals surface area contributed by atoms with Gasteiger partial charge in [0.2, 0.25) is 0 Å². The fourth-order valence-corrected chi connectivity index (χ4v) is 2.00. The Balaban J connectivity index is 2.27. The van der Waals surface area contributed by atoms with E-state index in [2.05, 4.69) is 23.8 Å². The molecule has 2 rings (SSSR count). The van der Waals surface area contributed by atoms with Gasteiger partial charge in [0.15, 0.2) is 0 Å². The first-order valence-electron chi connectivity index (χ1n) is 6.77. The predicted octanol–water partition coefficient (Wildman–Crippen LogP) is 2.44. The molecule has 1 amide bonds. The second-order valence-corrected chi connectivity index (χ2v) is 5.52. The zero-order valence-corrected chi connectivity index (χ0v) is 13.1. The van der Waals surface area contributed by atoms with Gasteiger partial charge in [-0.15, -0.1) is 0 Å². The Morgan fingerprint density at radius 2 is 2.18 bits per heavy atom. The van der Waals surface area contributed by atoms with Crippen molar-refractivity contribution >= 4 is 17.5 Å². The van der Waals surface area contributed by atoms with Crippen LogP contribution in [0.25, 0.3) is 11.3 Å². The van der Waals surface area contributed by atoms with Gasteiger partial charge in [-0.2, -0.15) is 0 Å². The number of carbonyl (C=O) groups excluding carboxylic acids is 1. The number of hydrogen-bond donors (Lipinski definition) is 2. The van der Waals surface area contributed by atoms with E-state index >= 15 is 0 Å². The number of rotatable bonds is 5. The zero-order chi connectivity index (χ0) is 16.1. The quantitative estimate of drug-likeness (QED) is 0.501. The average Bonchev–Trinajstić information content (AvgIpc) is 2.52. The molecule has 1 aromatic carbocycles. The van der Waals surface area contributed by atoms with E-state index in [1.165, 1.54) is 12.4 Å². The van der Waals surface area contributed by atoms with E-state index in [1.54, 1.807) is 18.2 Å². The first-order valence-corrected chi connectivity index (χ1v) is 7.14. The van der Waals surface area contributed by atoms with Gasteiger partial charge in [-0.05, 0) is 24.1 Å². The highest BCUT2D eigenvalue weighted by Crippen LogP contribution is 2.30. The zero-order valence-electron chi connectivity index (χ0n) is 12.3. The van der Waals surface area contributed by atoms with Crippen LogP contribution in [-0.4, -0.2) is 22.5 Å². The number of hydrogen-bond acceptors (Lipinski definition) is 5. The summed E-state index contributed by atoms with van der Waals surface area (Å²) in [7, 11) is 0. The van der Waals surface area contributed by atoms with Crippen molar-refractivity contribution in [3.05, 3.63) is 41.3 Å². The number of amides is 1. The third kappa shape index (κ3) is 3.93. The fraction of sp³-hybridized carbons (Fsp3) is 0.267. The summed E-state index contributed by atoms with van der Waals surface area (Å²) in [6.45, 7) is 4.75. The van der Waals surface area contributed by atoms with Gasteiger partial charge >= 0.3 is 0 Å². The van der Waals surface area contributed by atoms with Crippen molar-refractivity contribution in [2.75, 3.05) is 6.61 Å². The molecule has 0 unspecified atom stereocenters. The molecule has 0 aliphatic carbocycles. The maximum Gasteiger partial charge on any atom is 0.285 e. The smallest absolute Gasteiger partial charge is 0.285 e. The highest BCUT2D eigenvalue weighted by atomic mass is 35.5. The van der Waals surface area contributed by atoms with E-state index in [9.17, 15) is 4.79 Å². The number of nitrogens with zero attached hydrogens (tertiary/aromatic N) is 2. The van der Waals surface area contributed by atoms with Crippen LogP contribution in [0, 0.1) is 5.92 Å². The van der Waals surface area contributed by atoms with Gasteiger partial charge in [0.05, 0.1) is 29.7 Å². The molecule has 2 aromatic rings. The number of benzene rings is 1. The van der Waals surface area contributed by atoms with Crippen LogP contribution in [0.1, 0.15) is 24.3 Å². The molecule has 0 fully saturated rings. The van der Waals surface area contributed by atoms with Crippen LogP contribution in [0.5, 0.6) is 5.75 Å². The number of aromatic nitrogens is 2. The molecule has 0 aliphatic heterocycles. The summed E-state index contributed by atoms with van der Waals surface area (Å²) in [4.78, 5) is 19.7. The second-order valence-electron chi connectivity index (χ2n) is 5.11. The molecule has 22 heavy (non-hydrogen) atoms. The van der Waals surface area contributed by atoms with Crippen molar-refractivity contribution in [1.82, 2.24) is 15.4 Å². The van der Waals surface area contributed by atoms with Crippen LogP contribution in [-0.2, 0) is 0 Å². The van der Waals surface area contributed by atoms with E-state index < -0.39 is 5.91 Å². The van der Waals surface area contributed by atoms with Crippen molar-refractivity contribution in [2.45, 2.75) is 13.8 Å². The lowest BCUT2D eigenvalue weighted by molar-refractivity contribution is 0.0948. The van der Waals surface area contributed by atoms with Crippen LogP contribution < -0.4 is 16.0 Å². The minimum absolute atomic E-state index is 0.121. The summed E-state index contributed by atoms with van der Waals surface area (Å²) in [5.41, 5.74) is 3.29. The van der Waals surface area contributed by atoms with Gasteiger partial charge in [0, 0.05) is 5.56 Å².